The Hall–Kier alpha value is -3.06. The van der Waals surface area contributed by atoms with E-state index in [4.69, 9.17) is 22.1 Å². The molecule has 148 valence electrons. The van der Waals surface area contributed by atoms with Crippen LogP contribution in [-0.2, 0) is 20.9 Å². The summed E-state index contributed by atoms with van der Waals surface area (Å²) in [5, 5.41) is 5.54. The number of ether oxygens (including phenoxy) is 1. The lowest BCUT2D eigenvalue weighted by Crippen LogP contribution is -2.35. The Bertz CT molecular complexity index is 857. The van der Waals surface area contributed by atoms with Gasteiger partial charge >= 0.3 is 12.0 Å². The number of primary amides is 1. The van der Waals surface area contributed by atoms with Gasteiger partial charge in [-0.3, -0.25) is 9.59 Å². The predicted molar refractivity (Wildman–Crippen MR) is 106 cm³/mol. The number of rotatable bonds is 8. The highest BCUT2D eigenvalue weighted by molar-refractivity contribution is 6.31. The average Bonchev–Trinajstić information content (AvgIpc) is 2.65. The molecule has 3 amide bonds. The summed E-state index contributed by atoms with van der Waals surface area (Å²) in [6, 6.07) is 12.9. The molecule has 0 aromatic heterocycles. The van der Waals surface area contributed by atoms with E-state index in [1.54, 1.807) is 24.3 Å². The van der Waals surface area contributed by atoms with Gasteiger partial charge in [0.2, 0.25) is 0 Å². The van der Waals surface area contributed by atoms with Crippen molar-refractivity contribution in [1.82, 2.24) is 10.6 Å². The molecule has 0 saturated carbocycles. The van der Waals surface area contributed by atoms with Gasteiger partial charge in [-0.15, -0.1) is 0 Å². The zero-order valence-corrected chi connectivity index (χ0v) is 16.2. The van der Waals surface area contributed by atoms with Gasteiger partial charge in [0.1, 0.15) is 0 Å². The van der Waals surface area contributed by atoms with Gasteiger partial charge in [0.15, 0.2) is 6.61 Å². The van der Waals surface area contributed by atoms with Crippen LogP contribution in [0.4, 0.5) is 4.79 Å². The summed E-state index contributed by atoms with van der Waals surface area (Å²) in [5.41, 5.74) is 7.74. The van der Waals surface area contributed by atoms with Crippen molar-refractivity contribution in [2.24, 2.45) is 5.73 Å². The molecule has 0 bridgehead atoms. The highest BCUT2D eigenvalue weighted by Gasteiger charge is 2.21. The molecule has 0 aliphatic heterocycles. The highest BCUT2D eigenvalue weighted by Crippen LogP contribution is 2.25. The lowest BCUT2D eigenvalue weighted by molar-refractivity contribution is -0.149. The first-order valence-electron chi connectivity index (χ1n) is 8.64. The molecule has 8 heteroatoms. The third-order valence-electron chi connectivity index (χ3n) is 4.07. The third kappa shape index (κ3) is 6.59. The lowest BCUT2D eigenvalue weighted by Gasteiger charge is -2.18. The molecule has 0 unspecified atom stereocenters. The molecule has 0 heterocycles. The van der Waals surface area contributed by atoms with E-state index >= 15 is 0 Å². The van der Waals surface area contributed by atoms with Crippen LogP contribution in [0.2, 0.25) is 5.02 Å². The number of esters is 1. The van der Waals surface area contributed by atoms with E-state index in [1.807, 2.05) is 31.2 Å². The number of aryl methyl sites for hydroxylation is 1. The fraction of sp³-hybridized carbons (Fsp3) is 0.250. The summed E-state index contributed by atoms with van der Waals surface area (Å²) in [6.07, 6.45) is -0.211. The number of amides is 3. The summed E-state index contributed by atoms with van der Waals surface area (Å²) in [4.78, 5) is 35.3. The van der Waals surface area contributed by atoms with E-state index in [1.165, 1.54) is 0 Å². The average molecular weight is 404 g/mol. The fourth-order valence-corrected chi connectivity index (χ4v) is 2.86. The van der Waals surface area contributed by atoms with Crippen LogP contribution >= 0.6 is 11.6 Å². The van der Waals surface area contributed by atoms with Crippen molar-refractivity contribution in [2.75, 3.05) is 6.61 Å². The van der Waals surface area contributed by atoms with E-state index in [-0.39, 0.29) is 6.42 Å². The van der Waals surface area contributed by atoms with Crippen molar-refractivity contribution in [3.8, 4) is 0 Å². The van der Waals surface area contributed by atoms with Gasteiger partial charge in [-0.25, -0.2) is 4.79 Å². The van der Waals surface area contributed by atoms with Gasteiger partial charge in [0.25, 0.3) is 5.91 Å². The molecular formula is C20H22ClN3O4. The number of urea groups is 1. The molecular weight excluding hydrogens is 382 g/mol. The van der Waals surface area contributed by atoms with Crippen molar-refractivity contribution in [3.05, 3.63) is 70.2 Å². The largest absolute Gasteiger partial charge is 0.456 e. The Balaban J connectivity index is 1.87. The quantitative estimate of drug-likeness (QED) is 0.588. The summed E-state index contributed by atoms with van der Waals surface area (Å²) in [5.74, 6) is -1.08. The van der Waals surface area contributed by atoms with Gasteiger partial charge in [-0.2, -0.15) is 0 Å². The molecule has 0 saturated heterocycles. The van der Waals surface area contributed by atoms with Crippen LogP contribution in [0.25, 0.3) is 0 Å². The van der Waals surface area contributed by atoms with E-state index in [9.17, 15) is 14.4 Å². The second kappa shape index (κ2) is 10.3. The number of carbonyl (C=O) groups is 3. The number of halogens is 1. The van der Waals surface area contributed by atoms with Crippen molar-refractivity contribution in [2.45, 2.75) is 25.9 Å². The number of hydrogen-bond acceptors (Lipinski definition) is 4. The Labute approximate surface area is 168 Å². The minimum absolute atomic E-state index is 0.211. The monoisotopic (exact) mass is 403 g/mol. The molecule has 7 nitrogen and oxygen atoms in total. The molecule has 28 heavy (non-hydrogen) atoms. The van der Waals surface area contributed by atoms with Crippen molar-refractivity contribution < 1.29 is 19.1 Å². The van der Waals surface area contributed by atoms with E-state index in [2.05, 4.69) is 10.6 Å². The first kappa shape index (κ1) is 21.2. The summed E-state index contributed by atoms with van der Waals surface area (Å²) < 4.78 is 5.01. The standard InChI is InChI=1S/C20H22ClN3O4/c1-13-6-2-3-7-14(13)11-23-18(25)12-28-19(26)10-17(24-20(22)27)15-8-4-5-9-16(15)21/h2-9,17H,10-12H2,1H3,(H,23,25)(H3,22,24,27)/t17-/m0/s1. The van der Waals surface area contributed by atoms with Gasteiger partial charge < -0.3 is 21.1 Å². The molecule has 2 aromatic rings. The number of hydrogen-bond donors (Lipinski definition) is 3. The van der Waals surface area contributed by atoms with Gasteiger partial charge in [-0.1, -0.05) is 54.1 Å². The second-order valence-corrected chi connectivity index (χ2v) is 6.56. The minimum Gasteiger partial charge on any atom is -0.456 e. The molecule has 0 spiro atoms. The predicted octanol–water partition coefficient (Wildman–Crippen LogP) is 2.61. The third-order valence-corrected chi connectivity index (χ3v) is 4.41. The fourth-order valence-electron chi connectivity index (χ4n) is 2.59. The smallest absolute Gasteiger partial charge is 0.312 e. The van der Waals surface area contributed by atoms with Crippen LogP contribution in [0.5, 0.6) is 0 Å². The van der Waals surface area contributed by atoms with Crippen LogP contribution in [0.3, 0.4) is 0 Å². The molecule has 2 rings (SSSR count). The first-order valence-corrected chi connectivity index (χ1v) is 9.02. The zero-order valence-electron chi connectivity index (χ0n) is 15.4. The molecule has 0 aliphatic rings. The van der Waals surface area contributed by atoms with Crippen molar-refractivity contribution in [3.63, 3.8) is 0 Å². The number of carbonyl (C=O) groups excluding carboxylic acids is 3. The SMILES string of the molecule is Cc1ccccc1CNC(=O)COC(=O)C[C@H](NC(N)=O)c1ccccc1Cl. The molecule has 4 N–H and O–H groups in total. The first-order chi connectivity index (χ1) is 13.4. The maximum Gasteiger partial charge on any atom is 0.312 e. The number of nitrogens with one attached hydrogen (secondary N) is 2. The molecule has 0 aliphatic carbocycles. The Morgan fingerprint density at radius 1 is 1.11 bits per heavy atom. The van der Waals surface area contributed by atoms with Crippen LogP contribution < -0.4 is 16.4 Å². The summed E-state index contributed by atoms with van der Waals surface area (Å²) in [6.45, 7) is 1.87. The van der Waals surface area contributed by atoms with Crippen LogP contribution in [0.1, 0.15) is 29.2 Å². The maximum absolute atomic E-state index is 12.1. The normalized spacial score (nSPS) is 11.4. The zero-order chi connectivity index (χ0) is 20.5. The van der Waals surface area contributed by atoms with Gasteiger partial charge in [-0.05, 0) is 29.7 Å². The van der Waals surface area contributed by atoms with E-state index in [0.29, 0.717) is 17.1 Å². The van der Waals surface area contributed by atoms with Gasteiger partial charge in [0, 0.05) is 11.6 Å². The number of nitrogens with two attached hydrogens (primary N) is 1. The van der Waals surface area contributed by atoms with Crippen LogP contribution in [0.15, 0.2) is 48.5 Å². The van der Waals surface area contributed by atoms with E-state index < -0.39 is 30.6 Å². The maximum atomic E-state index is 12.1. The number of benzene rings is 2. The Morgan fingerprint density at radius 2 is 1.79 bits per heavy atom. The van der Waals surface area contributed by atoms with Crippen LogP contribution in [-0.4, -0.2) is 24.5 Å². The topological polar surface area (TPSA) is 111 Å². The highest BCUT2D eigenvalue weighted by atomic mass is 35.5. The van der Waals surface area contributed by atoms with Crippen LogP contribution in [0, 0.1) is 6.92 Å². The lowest BCUT2D eigenvalue weighted by atomic mass is 10.0. The van der Waals surface area contributed by atoms with Crippen molar-refractivity contribution >= 4 is 29.5 Å². The molecule has 2 aromatic carbocycles. The van der Waals surface area contributed by atoms with E-state index in [0.717, 1.165) is 11.1 Å². The molecule has 0 fully saturated rings. The van der Waals surface area contributed by atoms with Crippen molar-refractivity contribution in [1.29, 1.82) is 0 Å². The second-order valence-electron chi connectivity index (χ2n) is 6.15. The Morgan fingerprint density at radius 3 is 2.46 bits per heavy atom. The molecule has 1 atom stereocenters. The Kier molecular flexibility index (Phi) is 7.83. The molecule has 0 radical (unpaired) electrons. The summed E-state index contributed by atoms with van der Waals surface area (Å²) >= 11 is 6.12. The van der Waals surface area contributed by atoms with Gasteiger partial charge in [0.05, 0.1) is 12.5 Å². The summed E-state index contributed by atoms with van der Waals surface area (Å²) in [7, 11) is 0. The minimum atomic E-state index is -0.798.